The highest BCUT2D eigenvalue weighted by atomic mass is 35.5. The van der Waals surface area contributed by atoms with Crippen LogP contribution in [0.2, 0.25) is 0 Å². The summed E-state index contributed by atoms with van der Waals surface area (Å²) >= 11 is 11.7. The van der Waals surface area contributed by atoms with Crippen molar-refractivity contribution in [2.24, 2.45) is 0 Å². The Labute approximate surface area is 136 Å². The maximum absolute atomic E-state index is 11.6. The van der Waals surface area contributed by atoms with Crippen LogP contribution in [0.4, 0.5) is 0 Å². The number of methoxy groups -OCH3 is 1. The Morgan fingerprint density at radius 1 is 1.29 bits per heavy atom. The highest BCUT2D eigenvalue weighted by molar-refractivity contribution is 7.80. The van der Waals surface area contributed by atoms with Gasteiger partial charge in [0.15, 0.2) is 5.05 Å². The average Bonchev–Trinajstić information content (AvgIpc) is 2.42. The van der Waals surface area contributed by atoms with Crippen molar-refractivity contribution in [3.05, 3.63) is 35.9 Å². The van der Waals surface area contributed by atoms with E-state index in [4.69, 9.17) is 33.3 Å². The van der Waals surface area contributed by atoms with Crippen molar-refractivity contribution >= 4 is 34.8 Å². The van der Waals surface area contributed by atoms with Crippen molar-refractivity contribution in [1.29, 1.82) is 0 Å². The fourth-order valence-electron chi connectivity index (χ4n) is 1.88. The van der Waals surface area contributed by atoms with E-state index in [-0.39, 0.29) is 18.3 Å². The third kappa shape index (κ3) is 6.02. The molecule has 0 aliphatic rings. The summed E-state index contributed by atoms with van der Waals surface area (Å²) in [6, 6.07) is 9.55. The van der Waals surface area contributed by atoms with Gasteiger partial charge in [-0.1, -0.05) is 30.3 Å². The van der Waals surface area contributed by atoms with E-state index in [2.05, 4.69) is 0 Å². The molecular formula is C16H21ClO3S. The van der Waals surface area contributed by atoms with Gasteiger partial charge in [0.25, 0.3) is 0 Å². The first-order valence-electron chi connectivity index (χ1n) is 6.73. The van der Waals surface area contributed by atoms with Crippen LogP contribution in [-0.4, -0.2) is 29.1 Å². The van der Waals surface area contributed by atoms with E-state index >= 15 is 0 Å². The standard InChI is InChI=1S/C16H21ClO3S/c1-16(2,3)20-15(21)14(17)12(10-13(18)19-4)11-8-6-5-7-9-11/h5-9,12,14H,10H2,1-4H3. The Hall–Kier alpha value is -1.13. The molecule has 0 amide bonds. The van der Waals surface area contributed by atoms with E-state index in [9.17, 15) is 4.79 Å². The lowest BCUT2D eigenvalue weighted by molar-refractivity contribution is -0.141. The van der Waals surface area contributed by atoms with Gasteiger partial charge in [0.05, 0.1) is 13.5 Å². The lowest BCUT2D eigenvalue weighted by atomic mass is 9.92. The Bertz CT molecular complexity index is 482. The van der Waals surface area contributed by atoms with Gasteiger partial charge in [-0.3, -0.25) is 4.79 Å². The third-order valence-electron chi connectivity index (χ3n) is 2.83. The number of alkyl halides is 1. The largest absolute Gasteiger partial charge is 0.480 e. The second-order valence-electron chi connectivity index (χ2n) is 5.73. The van der Waals surface area contributed by atoms with Crippen molar-refractivity contribution in [3.63, 3.8) is 0 Å². The van der Waals surface area contributed by atoms with Crippen molar-refractivity contribution in [2.45, 2.75) is 44.1 Å². The molecular weight excluding hydrogens is 308 g/mol. The summed E-state index contributed by atoms with van der Waals surface area (Å²) < 4.78 is 10.4. The first-order chi connectivity index (χ1) is 9.74. The summed E-state index contributed by atoms with van der Waals surface area (Å²) in [6.45, 7) is 5.71. The van der Waals surface area contributed by atoms with Crippen LogP contribution in [0.1, 0.15) is 38.7 Å². The second-order valence-corrected chi connectivity index (χ2v) is 6.61. The zero-order valence-corrected chi connectivity index (χ0v) is 14.3. The van der Waals surface area contributed by atoms with Crippen molar-refractivity contribution in [3.8, 4) is 0 Å². The summed E-state index contributed by atoms with van der Waals surface area (Å²) in [5.74, 6) is -0.608. The molecule has 0 N–H and O–H groups in total. The number of ether oxygens (including phenoxy) is 2. The molecule has 0 heterocycles. The van der Waals surface area contributed by atoms with Crippen LogP contribution in [0.3, 0.4) is 0 Å². The minimum atomic E-state index is -0.583. The molecule has 5 heteroatoms. The molecule has 0 aromatic heterocycles. The van der Waals surface area contributed by atoms with Gasteiger partial charge in [-0.25, -0.2) is 0 Å². The SMILES string of the molecule is COC(=O)CC(c1ccccc1)C(Cl)C(=S)OC(C)(C)C. The van der Waals surface area contributed by atoms with E-state index < -0.39 is 11.0 Å². The average molecular weight is 329 g/mol. The van der Waals surface area contributed by atoms with Crippen LogP contribution in [0, 0.1) is 0 Å². The van der Waals surface area contributed by atoms with Crippen LogP contribution >= 0.6 is 23.8 Å². The van der Waals surface area contributed by atoms with Gasteiger partial charge in [-0.2, -0.15) is 0 Å². The van der Waals surface area contributed by atoms with Crippen LogP contribution in [-0.2, 0) is 14.3 Å². The Morgan fingerprint density at radius 2 is 1.86 bits per heavy atom. The number of hydrogen-bond acceptors (Lipinski definition) is 4. The predicted molar refractivity (Wildman–Crippen MR) is 88.9 cm³/mol. The summed E-state index contributed by atoms with van der Waals surface area (Å²) in [5.41, 5.74) is 0.513. The topological polar surface area (TPSA) is 35.5 Å². The van der Waals surface area contributed by atoms with E-state index in [1.807, 2.05) is 51.1 Å². The maximum Gasteiger partial charge on any atom is 0.306 e. The summed E-state index contributed by atoms with van der Waals surface area (Å²) in [4.78, 5) is 11.6. The number of halogens is 1. The summed E-state index contributed by atoms with van der Waals surface area (Å²) in [6.07, 6.45) is 0.155. The Morgan fingerprint density at radius 3 is 2.33 bits per heavy atom. The molecule has 1 aromatic carbocycles. The molecule has 0 spiro atoms. The van der Waals surface area contributed by atoms with E-state index in [0.29, 0.717) is 5.05 Å². The lowest BCUT2D eigenvalue weighted by Gasteiger charge is -2.27. The second kappa shape index (κ2) is 7.76. The van der Waals surface area contributed by atoms with E-state index in [1.54, 1.807) is 0 Å². The Balaban J connectivity index is 2.95. The molecule has 0 aliphatic heterocycles. The van der Waals surface area contributed by atoms with Gasteiger partial charge < -0.3 is 9.47 Å². The number of carbonyl (C=O) groups is 1. The molecule has 0 radical (unpaired) electrons. The molecule has 0 saturated carbocycles. The highest BCUT2D eigenvalue weighted by Crippen LogP contribution is 2.30. The monoisotopic (exact) mass is 328 g/mol. The maximum atomic E-state index is 11.6. The first-order valence-corrected chi connectivity index (χ1v) is 7.57. The number of hydrogen-bond donors (Lipinski definition) is 0. The summed E-state index contributed by atoms with van der Waals surface area (Å²) in [7, 11) is 1.36. The van der Waals surface area contributed by atoms with E-state index in [1.165, 1.54) is 7.11 Å². The first kappa shape index (κ1) is 17.9. The molecule has 0 aliphatic carbocycles. The smallest absolute Gasteiger partial charge is 0.306 e. The van der Waals surface area contributed by atoms with Crippen LogP contribution in [0.25, 0.3) is 0 Å². The van der Waals surface area contributed by atoms with Crippen LogP contribution in [0.5, 0.6) is 0 Å². The van der Waals surface area contributed by atoms with Gasteiger partial charge in [0.2, 0.25) is 0 Å². The zero-order chi connectivity index (χ0) is 16.0. The van der Waals surface area contributed by atoms with Gasteiger partial charge in [0, 0.05) is 5.92 Å². The van der Waals surface area contributed by atoms with Gasteiger partial charge in [0.1, 0.15) is 11.0 Å². The molecule has 0 fully saturated rings. The molecule has 116 valence electrons. The normalized spacial score (nSPS) is 14.1. The third-order valence-corrected chi connectivity index (χ3v) is 3.80. The minimum absolute atomic E-state index is 0.155. The summed E-state index contributed by atoms with van der Waals surface area (Å²) in [5, 5.41) is -0.289. The van der Waals surface area contributed by atoms with Crippen LogP contribution < -0.4 is 0 Å². The number of carbonyl (C=O) groups excluding carboxylic acids is 1. The lowest BCUT2D eigenvalue weighted by Crippen LogP contribution is -2.32. The fourth-order valence-corrected chi connectivity index (χ4v) is 2.57. The van der Waals surface area contributed by atoms with Gasteiger partial charge in [-0.05, 0) is 38.6 Å². The van der Waals surface area contributed by atoms with E-state index in [0.717, 1.165) is 5.56 Å². The van der Waals surface area contributed by atoms with Crippen molar-refractivity contribution < 1.29 is 14.3 Å². The number of benzene rings is 1. The molecule has 2 atom stereocenters. The molecule has 0 saturated heterocycles. The molecule has 1 aromatic rings. The quantitative estimate of drug-likeness (QED) is 0.463. The van der Waals surface area contributed by atoms with Crippen molar-refractivity contribution in [1.82, 2.24) is 0 Å². The fraction of sp³-hybridized carbons (Fsp3) is 0.500. The number of esters is 1. The predicted octanol–water partition coefficient (Wildman–Crippen LogP) is 4.08. The zero-order valence-electron chi connectivity index (χ0n) is 12.8. The Kier molecular flexibility index (Phi) is 6.62. The molecule has 2 unspecified atom stereocenters. The van der Waals surface area contributed by atoms with Gasteiger partial charge in [-0.15, -0.1) is 11.6 Å². The molecule has 1 rings (SSSR count). The van der Waals surface area contributed by atoms with Crippen molar-refractivity contribution in [2.75, 3.05) is 7.11 Å². The highest BCUT2D eigenvalue weighted by Gasteiger charge is 2.30. The van der Waals surface area contributed by atoms with Crippen LogP contribution in [0.15, 0.2) is 30.3 Å². The minimum Gasteiger partial charge on any atom is -0.480 e. The molecule has 21 heavy (non-hydrogen) atoms. The van der Waals surface area contributed by atoms with Gasteiger partial charge >= 0.3 is 5.97 Å². The molecule has 3 nitrogen and oxygen atoms in total. The molecule has 0 bridgehead atoms. The number of rotatable bonds is 5. The number of thiocarbonyl (C=S) groups is 1.